The number of halogens is 3. The molecule has 4 aliphatic heterocycles. The van der Waals surface area contributed by atoms with E-state index in [0.717, 1.165) is 31.4 Å². The number of carbonyl (C=O) groups excluding carboxylic acids is 2. The van der Waals surface area contributed by atoms with Crippen LogP contribution < -0.4 is 10.1 Å². The Balaban J connectivity index is 0.000000411. The Kier molecular flexibility index (Phi) is 6.12. The van der Waals surface area contributed by atoms with E-state index in [1.54, 1.807) is 6.07 Å². The van der Waals surface area contributed by atoms with Crippen LogP contribution in [0, 0.1) is 21.4 Å². The number of ketones is 1. The molecule has 1 aliphatic carbocycles. The van der Waals surface area contributed by atoms with E-state index in [2.05, 4.69) is 10.2 Å². The van der Waals surface area contributed by atoms with Crippen LogP contribution >= 0.6 is 0 Å². The van der Waals surface area contributed by atoms with Gasteiger partial charge in [-0.2, -0.15) is 13.2 Å². The number of nitrogens with zero attached hydrogens (tertiary/aromatic N) is 2. The molecule has 0 radical (unpaired) electrons. The van der Waals surface area contributed by atoms with Gasteiger partial charge in [-0.05, 0) is 56.7 Å². The Hall–Kier alpha value is -3.22. The van der Waals surface area contributed by atoms with Gasteiger partial charge in [0, 0.05) is 23.3 Å². The van der Waals surface area contributed by atoms with Crippen molar-refractivity contribution in [3.05, 3.63) is 33.4 Å². The number of benzene rings is 1. The molecule has 1 aromatic carbocycles. The van der Waals surface area contributed by atoms with E-state index >= 15 is 0 Å². The number of ether oxygens (including phenoxy) is 1. The molecule has 0 aromatic heterocycles. The maximum Gasteiger partial charge on any atom is 0.490 e. The number of aliphatic carboxylic acids is 1. The largest absolute Gasteiger partial charge is 0.490 e. The predicted octanol–water partition coefficient (Wildman–Crippen LogP) is 4.18. The normalized spacial score (nSPS) is 33.1. The molecule has 5 aliphatic rings. The van der Waals surface area contributed by atoms with Gasteiger partial charge in [0.15, 0.2) is 5.78 Å². The van der Waals surface area contributed by atoms with Gasteiger partial charge in [-0.25, -0.2) is 4.79 Å². The topological polar surface area (TPSA) is 139 Å². The van der Waals surface area contributed by atoms with E-state index < -0.39 is 34.1 Å². The van der Waals surface area contributed by atoms with E-state index in [0.29, 0.717) is 29.6 Å². The van der Waals surface area contributed by atoms with E-state index in [1.165, 1.54) is 0 Å². The van der Waals surface area contributed by atoms with Gasteiger partial charge >= 0.3 is 12.1 Å². The van der Waals surface area contributed by atoms with Gasteiger partial charge in [0.2, 0.25) is 11.4 Å². The maximum atomic E-state index is 13.8. The zero-order valence-electron chi connectivity index (χ0n) is 22.7. The fourth-order valence-corrected chi connectivity index (χ4v) is 8.10. The first-order valence-electron chi connectivity index (χ1n) is 13.3. The number of Topliss-reactive ketones (excluding diaryl/α,β-unsaturated/α-hetero) is 1. The van der Waals surface area contributed by atoms with Crippen LogP contribution in [-0.2, 0) is 15.0 Å². The molecule has 13 heteroatoms. The molecule has 4 atom stereocenters. The summed E-state index contributed by atoms with van der Waals surface area (Å²) >= 11 is 0. The Morgan fingerprint density at radius 2 is 1.88 bits per heavy atom. The minimum Gasteiger partial charge on any atom is -0.487 e. The molecule has 4 heterocycles. The summed E-state index contributed by atoms with van der Waals surface area (Å²) in [6, 6.07) is 4.00. The van der Waals surface area contributed by atoms with Gasteiger partial charge in [-0.15, -0.1) is 0 Å². The number of anilines is 1. The SMILES string of the molecule is CC1(C)CC(=O)c2c(ccc3c2NC(=O)[C@]32C[C@@]3([N+](=O)[O-])CN4CCC[C@@H]4C[C@@H]3C2(C)C)O1.O=C(O)C(F)(F)F. The number of hydrogen-bond acceptors (Lipinski definition) is 7. The summed E-state index contributed by atoms with van der Waals surface area (Å²) in [5.41, 5.74) is -1.84. The van der Waals surface area contributed by atoms with Crippen LogP contribution in [0.3, 0.4) is 0 Å². The molecule has 1 amide bonds. The lowest BCUT2D eigenvalue weighted by Gasteiger charge is -2.45. The van der Waals surface area contributed by atoms with E-state index in [4.69, 9.17) is 14.6 Å². The Morgan fingerprint density at radius 3 is 2.48 bits per heavy atom. The molecule has 2 saturated heterocycles. The third kappa shape index (κ3) is 3.83. The molecule has 218 valence electrons. The molecule has 1 aromatic rings. The van der Waals surface area contributed by atoms with Crippen LogP contribution in [-0.4, -0.2) is 69.0 Å². The molecular weight excluding hydrogens is 535 g/mol. The van der Waals surface area contributed by atoms with Crippen molar-refractivity contribution in [1.82, 2.24) is 4.90 Å². The lowest BCUT2D eigenvalue weighted by atomic mass is 9.60. The summed E-state index contributed by atoms with van der Waals surface area (Å²) < 4.78 is 37.8. The van der Waals surface area contributed by atoms with Crippen LogP contribution in [0.15, 0.2) is 12.1 Å². The molecule has 40 heavy (non-hydrogen) atoms. The fourth-order valence-electron chi connectivity index (χ4n) is 8.10. The zero-order valence-corrected chi connectivity index (χ0v) is 22.7. The quantitative estimate of drug-likeness (QED) is 0.381. The number of fused-ring (bicyclic) bond motifs is 6. The van der Waals surface area contributed by atoms with Crippen molar-refractivity contribution in [2.24, 2.45) is 11.3 Å². The number of nitro groups is 1. The van der Waals surface area contributed by atoms with Crippen molar-refractivity contribution in [2.45, 2.75) is 88.6 Å². The second-order valence-electron chi connectivity index (χ2n) is 12.8. The predicted molar refractivity (Wildman–Crippen MR) is 135 cm³/mol. The number of carbonyl (C=O) groups is 3. The van der Waals surface area contributed by atoms with E-state index in [-0.39, 0.29) is 35.4 Å². The van der Waals surface area contributed by atoms with Crippen molar-refractivity contribution in [1.29, 1.82) is 0 Å². The molecule has 1 saturated carbocycles. The van der Waals surface area contributed by atoms with Gasteiger partial charge in [0.1, 0.15) is 11.4 Å². The standard InChI is InChI=1S/C25H31N3O5.C2HF3O2/c1-22(2)11-16(29)19-17(33-22)8-7-15-20(19)26-21(30)25(15)12-24(28(31)32)13-27-9-5-6-14(27)10-18(24)23(25,3)4;3-2(4,5)1(6)7/h7-8,14,18H,5-6,9-13H2,1-4H3,(H,26,30);(H,6,7)/t14-,18-,24-,25+;/m1./s1. The summed E-state index contributed by atoms with van der Waals surface area (Å²) in [4.78, 5) is 50.8. The average molecular weight is 568 g/mol. The first kappa shape index (κ1) is 28.3. The number of alkyl halides is 3. The molecule has 6 rings (SSSR count). The van der Waals surface area contributed by atoms with Gasteiger partial charge in [-0.1, -0.05) is 19.9 Å². The minimum absolute atomic E-state index is 0.0618. The highest BCUT2D eigenvalue weighted by Gasteiger charge is 2.78. The molecule has 10 nitrogen and oxygen atoms in total. The summed E-state index contributed by atoms with van der Waals surface area (Å²) in [6.45, 7) is 9.09. The minimum atomic E-state index is -5.08. The summed E-state index contributed by atoms with van der Waals surface area (Å²) in [5.74, 6) is -2.78. The second kappa shape index (κ2) is 8.64. The number of rotatable bonds is 1. The highest BCUT2D eigenvalue weighted by molar-refractivity contribution is 6.15. The monoisotopic (exact) mass is 567 g/mol. The highest BCUT2D eigenvalue weighted by Crippen LogP contribution is 2.68. The molecule has 2 N–H and O–H groups in total. The smallest absolute Gasteiger partial charge is 0.487 e. The van der Waals surface area contributed by atoms with Crippen LogP contribution in [0.1, 0.15) is 75.7 Å². The van der Waals surface area contributed by atoms with Crippen LogP contribution in [0.25, 0.3) is 0 Å². The Bertz CT molecular complexity index is 1330. The lowest BCUT2D eigenvalue weighted by molar-refractivity contribution is -0.584. The van der Waals surface area contributed by atoms with Gasteiger partial charge in [-0.3, -0.25) is 24.6 Å². The number of nitrogens with one attached hydrogen (secondary N) is 1. The third-order valence-corrected chi connectivity index (χ3v) is 9.79. The summed E-state index contributed by atoms with van der Waals surface area (Å²) in [5, 5.41) is 22.9. The van der Waals surface area contributed by atoms with Crippen molar-refractivity contribution in [3.8, 4) is 5.75 Å². The molecule has 0 unspecified atom stereocenters. The van der Waals surface area contributed by atoms with Crippen LogP contribution in [0.5, 0.6) is 5.75 Å². The van der Waals surface area contributed by atoms with Crippen LogP contribution in [0.4, 0.5) is 18.9 Å². The summed E-state index contributed by atoms with van der Waals surface area (Å²) in [7, 11) is 0. The van der Waals surface area contributed by atoms with Gasteiger partial charge in [0.05, 0.1) is 29.6 Å². The van der Waals surface area contributed by atoms with Gasteiger partial charge in [0.25, 0.3) is 0 Å². The van der Waals surface area contributed by atoms with Crippen molar-refractivity contribution < 1.29 is 42.3 Å². The Labute approximate surface area is 228 Å². The number of carboxylic acid groups (broad SMARTS) is 1. The molecule has 0 bridgehead atoms. The average Bonchev–Trinajstić information content (AvgIpc) is 3.44. The number of amides is 1. The van der Waals surface area contributed by atoms with Crippen molar-refractivity contribution >= 4 is 23.3 Å². The van der Waals surface area contributed by atoms with Crippen molar-refractivity contribution in [2.75, 3.05) is 18.4 Å². The van der Waals surface area contributed by atoms with E-state index in [9.17, 15) is 32.9 Å². The lowest BCUT2D eigenvalue weighted by Crippen LogP contribution is -2.59. The highest BCUT2D eigenvalue weighted by atomic mass is 19.4. The van der Waals surface area contributed by atoms with Crippen LogP contribution in [0.2, 0.25) is 0 Å². The number of carboxylic acids is 1. The Morgan fingerprint density at radius 1 is 1.23 bits per heavy atom. The molecular formula is C27H32F3N3O7. The molecule has 3 fully saturated rings. The number of hydrogen-bond donors (Lipinski definition) is 2. The second-order valence-corrected chi connectivity index (χ2v) is 12.8. The zero-order chi connectivity index (χ0) is 29.6. The molecule has 1 spiro atoms. The first-order valence-corrected chi connectivity index (χ1v) is 13.3. The third-order valence-electron chi connectivity index (χ3n) is 9.79. The summed E-state index contributed by atoms with van der Waals surface area (Å²) in [6.07, 6.45) is -1.83. The van der Waals surface area contributed by atoms with E-state index in [1.807, 2.05) is 33.8 Å². The first-order chi connectivity index (χ1) is 18.4. The van der Waals surface area contributed by atoms with Gasteiger partial charge < -0.3 is 15.2 Å². The fraction of sp³-hybridized carbons (Fsp3) is 0.667. The van der Waals surface area contributed by atoms with Crippen molar-refractivity contribution in [3.63, 3.8) is 0 Å². The number of piperidine rings is 1. The maximum absolute atomic E-state index is 13.8.